The number of rotatable bonds is 6. The highest BCUT2D eigenvalue weighted by Crippen LogP contribution is 2.33. The molecule has 1 heterocycles. The van der Waals surface area contributed by atoms with Crippen LogP contribution in [0.15, 0.2) is 18.2 Å². The molecule has 1 aromatic heterocycles. The van der Waals surface area contributed by atoms with Crippen molar-refractivity contribution in [3.63, 3.8) is 0 Å². The highest BCUT2D eigenvalue weighted by atomic mass is 16.7. The lowest BCUT2D eigenvalue weighted by molar-refractivity contribution is -0.0756. The molecule has 0 spiro atoms. The average Bonchev–Trinajstić information content (AvgIpc) is 3.06. The number of hydrogen-bond acceptors (Lipinski definition) is 3. The smallest absolute Gasteiger partial charge is 0.277 e. The lowest BCUT2D eigenvalue weighted by Gasteiger charge is -2.27. The number of amides is 1. The van der Waals surface area contributed by atoms with E-state index in [1.165, 1.54) is 44.3 Å². The minimum atomic E-state index is -0.155. The van der Waals surface area contributed by atoms with Gasteiger partial charge in [0.05, 0.1) is 18.1 Å². The normalized spacial score (nSPS) is 16.0. The Labute approximate surface area is 162 Å². The summed E-state index contributed by atoms with van der Waals surface area (Å²) in [5.74, 6) is 1.70. The molecule has 1 aliphatic carbocycles. The fraction of sp³-hybridized carbons (Fsp3) is 0.636. The van der Waals surface area contributed by atoms with E-state index < -0.39 is 0 Å². The first-order chi connectivity index (χ1) is 12.9. The Bertz CT molecular complexity index is 803. The van der Waals surface area contributed by atoms with E-state index in [0.29, 0.717) is 5.56 Å². The zero-order valence-corrected chi connectivity index (χ0v) is 17.4. The number of carbonyl (C=O) groups excluding carboxylic acids is 1. The van der Waals surface area contributed by atoms with E-state index in [0.717, 1.165) is 35.7 Å². The predicted molar refractivity (Wildman–Crippen MR) is 109 cm³/mol. The van der Waals surface area contributed by atoms with Gasteiger partial charge in [-0.05, 0) is 43.4 Å². The van der Waals surface area contributed by atoms with Gasteiger partial charge in [-0.25, -0.2) is 10.0 Å². The van der Waals surface area contributed by atoms with Gasteiger partial charge in [0.2, 0.25) is 0 Å². The van der Waals surface area contributed by atoms with Crippen LogP contribution in [0.1, 0.15) is 75.5 Å². The number of aromatic nitrogens is 2. The molecule has 27 heavy (non-hydrogen) atoms. The number of carbonyl (C=O) groups is 1. The van der Waals surface area contributed by atoms with Gasteiger partial charge in [0.15, 0.2) is 0 Å². The topological polar surface area (TPSA) is 47.4 Å². The number of imidazole rings is 1. The van der Waals surface area contributed by atoms with Crippen molar-refractivity contribution < 1.29 is 9.63 Å². The van der Waals surface area contributed by atoms with Crippen molar-refractivity contribution in [1.82, 2.24) is 14.6 Å². The van der Waals surface area contributed by atoms with Gasteiger partial charge in [-0.15, -0.1) is 0 Å². The first-order valence-corrected chi connectivity index (χ1v) is 10.2. The van der Waals surface area contributed by atoms with Gasteiger partial charge in [-0.1, -0.05) is 40.0 Å². The summed E-state index contributed by atoms with van der Waals surface area (Å²) >= 11 is 0. The van der Waals surface area contributed by atoms with Crippen LogP contribution >= 0.6 is 0 Å². The molecule has 1 aliphatic rings. The fourth-order valence-electron chi connectivity index (χ4n) is 4.02. The van der Waals surface area contributed by atoms with Crippen molar-refractivity contribution in [2.75, 3.05) is 14.2 Å². The highest BCUT2D eigenvalue weighted by Gasteiger charge is 2.28. The third-order valence-electron chi connectivity index (χ3n) is 6.21. The maximum atomic E-state index is 12.4. The standard InChI is InChI=1S/C22H33N3O2/c1-6-22(2,3)21-23-18-14-17(20(26)24(4)27-5)12-13-19(18)25(21)15-16-10-8-7-9-11-16/h12-14,16H,6-11,15H2,1-5H3. The number of hydrogen-bond donors (Lipinski definition) is 0. The summed E-state index contributed by atoms with van der Waals surface area (Å²) in [5.41, 5.74) is 2.64. The van der Waals surface area contributed by atoms with Crippen molar-refractivity contribution in [2.45, 2.75) is 71.3 Å². The number of fused-ring (bicyclic) bond motifs is 1. The summed E-state index contributed by atoms with van der Waals surface area (Å²) in [7, 11) is 3.12. The zero-order valence-electron chi connectivity index (χ0n) is 17.4. The Balaban J connectivity index is 2.04. The van der Waals surface area contributed by atoms with Crippen molar-refractivity contribution in [3.05, 3.63) is 29.6 Å². The van der Waals surface area contributed by atoms with Gasteiger partial charge in [0.25, 0.3) is 5.91 Å². The molecule has 1 amide bonds. The van der Waals surface area contributed by atoms with Gasteiger partial charge in [-0.2, -0.15) is 0 Å². The first-order valence-electron chi connectivity index (χ1n) is 10.2. The molecule has 5 nitrogen and oxygen atoms in total. The van der Waals surface area contributed by atoms with Gasteiger partial charge in [0, 0.05) is 24.6 Å². The summed E-state index contributed by atoms with van der Waals surface area (Å²) in [6, 6.07) is 5.85. The minimum absolute atomic E-state index is 0.00117. The van der Waals surface area contributed by atoms with Crippen LogP contribution in [0.2, 0.25) is 0 Å². The van der Waals surface area contributed by atoms with Crippen molar-refractivity contribution >= 4 is 16.9 Å². The number of hydroxylamine groups is 2. The van der Waals surface area contributed by atoms with E-state index in [-0.39, 0.29) is 11.3 Å². The van der Waals surface area contributed by atoms with Gasteiger partial charge in [0.1, 0.15) is 5.82 Å². The summed E-state index contributed by atoms with van der Waals surface area (Å²) in [6.07, 6.45) is 7.69. The van der Waals surface area contributed by atoms with Crippen LogP contribution in [0.3, 0.4) is 0 Å². The molecule has 1 aromatic carbocycles. The summed E-state index contributed by atoms with van der Waals surface area (Å²) in [4.78, 5) is 22.5. The summed E-state index contributed by atoms with van der Waals surface area (Å²) < 4.78 is 2.42. The largest absolute Gasteiger partial charge is 0.327 e. The molecule has 1 saturated carbocycles. The maximum absolute atomic E-state index is 12.4. The van der Waals surface area contributed by atoms with Crippen LogP contribution < -0.4 is 0 Å². The Morgan fingerprint density at radius 1 is 1.30 bits per heavy atom. The van der Waals surface area contributed by atoms with Crippen LogP contribution in [0.4, 0.5) is 0 Å². The zero-order chi connectivity index (χ0) is 19.6. The van der Waals surface area contributed by atoms with Crippen LogP contribution in [0, 0.1) is 5.92 Å². The van der Waals surface area contributed by atoms with Crippen molar-refractivity contribution in [1.29, 1.82) is 0 Å². The van der Waals surface area contributed by atoms with Crippen molar-refractivity contribution in [3.8, 4) is 0 Å². The fourth-order valence-corrected chi connectivity index (χ4v) is 4.02. The second kappa shape index (κ2) is 8.01. The van der Waals surface area contributed by atoms with E-state index in [2.05, 4.69) is 31.4 Å². The Hall–Kier alpha value is -1.88. The molecule has 0 N–H and O–H groups in total. The number of benzene rings is 1. The molecule has 0 unspecified atom stereocenters. The number of nitrogens with zero attached hydrogens (tertiary/aromatic N) is 3. The molecular weight excluding hydrogens is 338 g/mol. The summed E-state index contributed by atoms with van der Waals surface area (Å²) in [5, 5.41) is 1.25. The van der Waals surface area contributed by atoms with Crippen LogP contribution in [0.5, 0.6) is 0 Å². The quantitative estimate of drug-likeness (QED) is 0.676. The van der Waals surface area contributed by atoms with E-state index >= 15 is 0 Å². The lowest BCUT2D eigenvalue weighted by Crippen LogP contribution is -2.25. The van der Waals surface area contributed by atoms with E-state index in [1.54, 1.807) is 7.05 Å². The molecule has 0 bridgehead atoms. The molecule has 148 valence electrons. The predicted octanol–water partition coefficient (Wildman–Crippen LogP) is 4.94. The van der Waals surface area contributed by atoms with Crippen LogP contribution in [-0.4, -0.2) is 34.7 Å². The third-order valence-corrected chi connectivity index (χ3v) is 6.21. The summed E-state index contributed by atoms with van der Waals surface area (Å²) in [6.45, 7) is 7.76. The second-order valence-corrected chi connectivity index (χ2v) is 8.48. The second-order valence-electron chi connectivity index (χ2n) is 8.48. The average molecular weight is 372 g/mol. The highest BCUT2D eigenvalue weighted by molar-refractivity contribution is 5.96. The van der Waals surface area contributed by atoms with Crippen LogP contribution in [0.25, 0.3) is 11.0 Å². The molecule has 0 atom stereocenters. The molecule has 0 radical (unpaired) electrons. The van der Waals surface area contributed by atoms with Gasteiger partial charge in [-0.3, -0.25) is 9.63 Å². The van der Waals surface area contributed by atoms with E-state index in [9.17, 15) is 4.79 Å². The Morgan fingerprint density at radius 3 is 2.63 bits per heavy atom. The molecule has 0 aliphatic heterocycles. The lowest BCUT2D eigenvalue weighted by atomic mass is 9.87. The van der Waals surface area contributed by atoms with Gasteiger partial charge < -0.3 is 4.57 Å². The molecule has 2 aromatic rings. The Kier molecular flexibility index (Phi) is 5.89. The van der Waals surface area contributed by atoms with Crippen LogP contribution in [-0.2, 0) is 16.8 Å². The Morgan fingerprint density at radius 2 is 2.00 bits per heavy atom. The molecule has 3 rings (SSSR count). The minimum Gasteiger partial charge on any atom is -0.327 e. The molecule has 0 saturated heterocycles. The maximum Gasteiger partial charge on any atom is 0.277 e. The van der Waals surface area contributed by atoms with Crippen molar-refractivity contribution in [2.24, 2.45) is 5.92 Å². The molecular formula is C22H33N3O2. The van der Waals surface area contributed by atoms with E-state index in [4.69, 9.17) is 9.82 Å². The van der Waals surface area contributed by atoms with E-state index in [1.807, 2.05) is 12.1 Å². The SMILES string of the molecule is CCC(C)(C)c1nc2cc(C(=O)N(C)OC)ccc2n1CC1CCCCC1. The first kappa shape index (κ1) is 19.9. The monoisotopic (exact) mass is 371 g/mol. The molecule has 5 heteroatoms. The molecule has 1 fully saturated rings. The third kappa shape index (κ3) is 4.03. The van der Waals surface area contributed by atoms with Gasteiger partial charge >= 0.3 is 0 Å².